The molecule has 2 atom stereocenters. The average molecular weight is 253 g/mol. The first-order valence-electron chi connectivity index (χ1n) is 6.96. The Balaban J connectivity index is 2.13. The molecule has 2 aromatic carbocycles. The van der Waals surface area contributed by atoms with Gasteiger partial charge in [-0.25, -0.2) is 0 Å². The van der Waals surface area contributed by atoms with Crippen molar-refractivity contribution < 1.29 is 0 Å². The van der Waals surface area contributed by atoms with Crippen LogP contribution in [0.15, 0.2) is 48.5 Å². The molecule has 0 fully saturated rings. The van der Waals surface area contributed by atoms with E-state index >= 15 is 0 Å². The maximum Gasteiger partial charge on any atom is 0.0300 e. The molecule has 0 aliphatic heterocycles. The van der Waals surface area contributed by atoms with Crippen LogP contribution in [0.25, 0.3) is 0 Å². The summed E-state index contributed by atoms with van der Waals surface area (Å²) in [6.45, 7) is 8.79. The lowest BCUT2D eigenvalue weighted by Crippen LogP contribution is -2.23. The molecule has 0 amide bonds. The van der Waals surface area contributed by atoms with Gasteiger partial charge in [-0.2, -0.15) is 0 Å². The van der Waals surface area contributed by atoms with Gasteiger partial charge in [0.25, 0.3) is 0 Å². The minimum absolute atomic E-state index is 0.357. The molecule has 19 heavy (non-hydrogen) atoms. The van der Waals surface area contributed by atoms with Crippen LogP contribution in [0.4, 0.5) is 0 Å². The highest BCUT2D eigenvalue weighted by Crippen LogP contribution is 2.22. The Hall–Kier alpha value is -1.60. The van der Waals surface area contributed by atoms with Crippen molar-refractivity contribution in [2.24, 2.45) is 0 Å². The summed E-state index contributed by atoms with van der Waals surface area (Å²) in [4.78, 5) is 0. The van der Waals surface area contributed by atoms with E-state index in [2.05, 4.69) is 81.5 Å². The molecule has 0 aliphatic carbocycles. The molecule has 1 nitrogen and oxygen atoms in total. The van der Waals surface area contributed by atoms with E-state index in [4.69, 9.17) is 0 Å². The standard InChI is InChI=1S/C18H23N/c1-13-10-11-14(2)18(12-13)16(4)19-15(3)17-8-6-5-7-9-17/h5-12,15-16,19H,1-4H3/t15-,16?/m1/s1. The summed E-state index contributed by atoms with van der Waals surface area (Å²) in [5.74, 6) is 0. The zero-order chi connectivity index (χ0) is 13.8. The van der Waals surface area contributed by atoms with Gasteiger partial charge in [0.15, 0.2) is 0 Å². The molecule has 2 rings (SSSR count). The highest BCUT2D eigenvalue weighted by atomic mass is 14.9. The third kappa shape index (κ3) is 3.45. The number of hydrogen-bond acceptors (Lipinski definition) is 1. The van der Waals surface area contributed by atoms with Gasteiger partial charge in [0, 0.05) is 12.1 Å². The number of rotatable bonds is 4. The molecular formula is C18H23N. The fraction of sp³-hybridized carbons (Fsp3) is 0.333. The lowest BCUT2D eigenvalue weighted by atomic mass is 9.98. The van der Waals surface area contributed by atoms with Crippen LogP contribution in [0.2, 0.25) is 0 Å². The zero-order valence-electron chi connectivity index (χ0n) is 12.3. The molecule has 0 aromatic heterocycles. The largest absolute Gasteiger partial charge is 0.304 e. The van der Waals surface area contributed by atoms with Crippen LogP contribution in [-0.2, 0) is 0 Å². The van der Waals surface area contributed by atoms with Crippen molar-refractivity contribution in [1.29, 1.82) is 0 Å². The molecule has 0 saturated heterocycles. The van der Waals surface area contributed by atoms with Crippen molar-refractivity contribution in [3.05, 3.63) is 70.8 Å². The first-order chi connectivity index (χ1) is 9.08. The van der Waals surface area contributed by atoms with Gasteiger partial charge >= 0.3 is 0 Å². The van der Waals surface area contributed by atoms with Gasteiger partial charge in [-0.15, -0.1) is 0 Å². The highest BCUT2D eigenvalue weighted by Gasteiger charge is 2.12. The van der Waals surface area contributed by atoms with Crippen molar-refractivity contribution in [1.82, 2.24) is 5.32 Å². The summed E-state index contributed by atoms with van der Waals surface area (Å²) in [7, 11) is 0. The number of aryl methyl sites for hydroxylation is 2. The van der Waals surface area contributed by atoms with Crippen molar-refractivity contribution in [3.63, 3.8) is 0 Å². The molecule has 0 aliphatic rings. The van der Waals surface area contributed by atoms with Crippen LogP contribution in [-0.4, -0.2) is 0 Å². The van der Waals surface area contributed by atoms with Crippen LogP contribution in [0.3, 0.4) is 0 Å². The van der Waals surface area contributed by atoms with Crippen LogP contribution in [0.1, 0.15) is 48.2 Å². The lowest BCUT2D eigenvalue weighted by Gasteiger charge is -2.22. The molecule has 0 spiro atoms. The third-order valence-corrected chi connectivity index (χ3v) is 3.70. The smallest absolute Gasteiger partial charge is 0.0300 e. The van der Waals surface area contributed by atoms with E-state index in [1.807, 2.05) is 0 Å². The van der Waals surface area contributed by atoms with Gasteiger partial charge in [-0.05, 0) is 44.4 Å². The Labute approximate surface area is 116 Å². The van der Waals surface area contributed by atoms with Crippen molar-refractivity contribution in [2.45, 2.75) is 39.8 Å². The summed E-state index contributed by atoms with van der Waals surface area (Å²) in [6, 6.07) is 18.0. The molecular weight excluding hydrogens is 230 g/mol. The van der Waals surface area contributed by atoms with E-state index in [1.54, 1.807) is 0 Å². The second-order valence-electron chi connectivity index (χ2n) is 5.38. The minimum Gasteiger partial charge on any atom is -0.304 e. The highest BCUT2D eigenvalue weighted by molar-refractivity contribution is 5.33. The van der Waals surface area contributed by atoms with E-state index in [-0.39, 0.29) is 0 Å². The predicted octanol–water partition coefficient (Wildman–Crippen LogP) is 4.72. The van der Waals surface area contributed by atoms with E-state index in [0.29, 0.717) is 12.1 Å². The van der Waals surface area contributed by atoms with Crippen molar-refractivity contribution in [3.8, 4) is 0 Å². The molecule has 0 bridgehead atoms. The van der Waals surface area contributed by atoms with Crippen LogP contribution >= 0.6 is 0 Å². The second kappa shape index (κ2) is 6.03. The molecule has 0 radical (unpaired) electrons. The first-order valence-corrected chi connectivity index (χ1v) is 6.96. The monoisotopic (exact) mass is 253 g/mol. The summed E-state index contributed by atoms with van der Waals surface area (Å²) in [5, 5.41) is 3.68. The summed E-state index contributed by atoms with van der Waals surface area (Å²) in [6.07, 6.45) is 0. The fourth-order valence-electron chi connectivity index (χ4n) is 2.53. The van der Waals surface area contributed by atoms with Gasteiger partial charge < -0.3 is 5.32 Å². The van der Waals surface area contributed by atoms with Crippen LogP contribution < -0.4 is 5.32 Å². The summed E-state index contributed by atoms with van der Waals surface area (Å²) < 4.78 is 0. The van der Waals surface area contributed by atoms with Crippen LogP contribution in [0, 0.1) is 13.8 Å². The Morgan fingerprint density at radius 3 is 2.21 bits per heavy atom. The Kier molecular flexibility index (Phi) is 4.39. The number of hydrogen-bond donors (Lipinski definition) is 1. The molecule has 0 heterocycles. The molecule has 100 valence electrons. The summed E-state index contributed by atoms with van der Waals surface area (Å²) >= 11 is 0. The SMILES string of the molecule is Cc1ccc(C)c(C(C)N[C@H](C)c2ccccc2)c1. The van der Waals surface area contributed by atoms with E-state index in [9.17, 15) is 0 Å². The summed E-state index contributed by atoms with van der Waals surface area (Å²) in [5.41, 5.74) is 5.40. The third-order valence-electron chi connectivity index (χ3n) is 3.70. The second-order valence-corrected chi connectivity index (χ2v) is 5.38. The number of nitrogens with one attached hydrogen (secondary N) is 1. The van der Waals surface area contributed by atoms with E-state index in [1.165, 1.54) is 22.3 Å². The van der Waals surface area contributed by atoms with Gasteiger partial charge in [-0.1, -0.05) is 54.1 Å². The predicted molar refractivity (Wildman–Crippen MR) is 82.3 cm³/mol. The quantitative estimate of drug-likeness (QED) is 0.831. The molecule has 1 unspecified atom stereocenters. The van der Waals surface area contributed by atoms with E-state index in [0.717, 1.165) is 0 Å². The fourth-order valence-corrected chi connectivity index (χ4v) is 2.53. The van der Waals surface area contributed by atoms with Crippen LogP contribution in [0.5, 0.6) is 0 Å². The van der Waals surface area contributed by atoms with Gasteiger partial charge in [0.05, 0.1) is 0 Å². The van der Waals surface area contributed by atoms with E-state index < -0.39 is 0 Å². The first kappa shape index (κ1) is 13.8. The number of benzene rings is 2. The Morgan fingerprint density at radius 1 is 0.842 bits per heavy atom. The Bertz CT molecular complexity index is 531. The maximum absolute atomic E-state index is 3.68. The lowest BCUT2D eigenvalue weighted by molar-refractivity contribution is 0.493. The molecule has 1 N–H and O–H groups in total. The van der Waals surface area contributed by atoms with Gasteiger partial charge in [0.1, 0.15) is 0 Å². The normalized spacial score (nSPS) is 14.1. The molecule has 1 heteroatoms. The van der Waals surface area contributed by atoms with Crippen molar-refractivity contribution in [2.75, 3.05) is 0 Å². The molecule has 2 aromatic rings. The Morgan fingerprint density at radius 2 is 1.53 bits per heavy atom. The van der Waals surface area contributed by atoms with Gasteiger partial charge in [0.2, 0.25) is 0 Å². The minimum atomic E-state index is 0.357. The van der Waals surface area contributed by atoms with Crippen molar-refractivity contribution >= 4 is 0 Å². The topological polar surface area (TPSA) is 12.0 Å². The van der Waals surface area contributed by atoms with Gasteiger partial charge in [-0.3, -0.25) is 0 Å². The molecule has 0 saturated carbocycles. The maximum atomic E-state index is 3.68. The zero-order valence-corrected chi connectivity index (χ0v) is 12.3. The average Bonchev–Trinajstić information content (AvgIpc) is 2.42.